The molecule has 4 rings (SSSR count). The van der Waals surface area contributed by atoms with Gasteiger partial charge in [0.15, 0.2) is 4.33 Å². The summed E-state index contributed by atoms with van der Waals surface area (Å²) in [5.74, 6) is 0.815. The van der Waals surface area contributed by atoms with Crippen LogP contribution in [0.15, 0.2) is 22.2 Å². The lowest BCUT2D eigenvalue weighted by atomic mass is 9.75. The number of fused-ring (bicyclic) bond motifs is 9. The molecule has 2 fully saturated rings. The summed E-state index contributed by atoms with van der Waals surface area (Å²) in [5, 5.41) is 0.654. The van der Waals surface area contributed by atoms with Crippen molar-refractivity contribution in [1.29, 1.82) is 0 Å². The fourth-order valence-electron chi connectivity index (χ4n) is 4.48. The number of halogens is 6. The van der Waals surface area contributed by atoms with E-state index in [-0.39, 0.29) is 11.8 Å². The van der Waals surface area contributed by atoms with Crippen LogP contribution in [0.25, 0.3) is 0 Å². The highest BCUT2D eigenvalue weighted by atomic mass is 35.5. The van der Waals surface area contributed by atoms with Crippen LogP contribution < -0.4 is 0 Å². The molecule has 2 saturated carbocycles. The van der Waals surface area contributed by atoms with Crippen molar-refractivity contribution in [2.45, 2.75) is 20.5 Å². The lowest BCUT2D eigenvalue weighted by molar-refractivity contribution is 0.305. The largest absolute Gasteiger partial charge is 0.166 e. The molecule has 4 aliphatic rings. The van der Waals surface area contributed by atoms with Gasteiger partial charge in [0.25, 0.3) is 0 Å². The van der Waals surface area contributed by atoms with E-state index in [1.807, 2.05) is 0 Å². The summed E-state index contributed by atoms with van der Waals surface area (Å²) >= 11 is 39.2. The van der Waals surface area contributed by atoms with Crippen molar-refractivity contribution in [3.8, 4) is 0 Å². The molecule has 18 heavy (non-hydrogen) atoms. The van der Waals surface area contributed by atoms with Gasteiger partial charge in [-0.3, -0.25) is 0 Å². The van der Waals surface area contributed by atoms with Crippen LogP contribution >= 0.6 is 69.6 Å². The first kappa shape index (κ1) is 12.9. The van der Waals surface area contributed by atoms with Gasteiger partial charge in [0, 0.05) is 0 Å². The minimum absolute atomic E-state index is 0.0664. The third kappa shape index (κ3) is 0.973. The zero-order valence-electron chi connectivity index (χ0n) is 8.94. The molecule has 0 spiro atoms. The standard InChI is InChI=1S/C12H8Cl6/c13-8-9(14)11(16)7-5-2-1-4(3-5)6(7)10(8,15)12(11,17)18/h1-2,4-7H,3H2/t4?,5?,6-,7+,10+,11-. The van der Waals surface area contributed by atoms with Crippen molar-refractivity contribution in [1.82, 2.24) is 0 Å². The van der Waals surface area contributed by atoms with Crippen molar-refractivity contribution in [3.05, 3.63) is 22.2 Å². The summed E-state index contributed by atoms with van der Waals surface area (Å²) in [6.45, 7) is 0. The molecular formula is C12H8Cl6. The molecule has 0 aromatic carbocycles. The first-order chi connectivity index (χ1) is 8.28. The van der Waals surface area contributed by atoms with Crippen LogP contribution in [0, 0.1) is 23.7 Å². The van der Waals surface area contributed by atoms with Gasteiger partial charge in [-0.2, -0.15) is 0 Å². The predicted octanol–water partition coefficient (Wildman–Crippen LogP) is 5.27. The highest BCUT2D eigenvalue weighted by Crippen LogP contribution is 2.81. The Labute approximate surface area is 135 Å². The maximum absolute atomic E-state index is 6.76. The van der Waals surface area contributed by atoms with Crippen molar-refractivity contribution < 1.29 is 0 Å². The molecular weight excluding hydrogens is 357 g/mol. The monoisotopic (exact) mass is 362 g/mol. The Morgan fingerprint density at radius 3 is 1.61 bits per heavy atom. The average Bonchev–Trinajstić information content (AvgIpc) is 2.97. The topological polar surface area (TPSA) is 0 Å². The zero-order valence-corrected chi connectivity index (χ0v) is 13.5. The van der Waals surface area contributed by atoms with Crippen LogP contribution in [0.4, 0.5) is 0 Å². The van der Waals surface area contributed by atoms with Crippen LogP contribution in [0.1, 0.15) is 6.42 Å². The van der Waals surface area contributed by atoms with Gasteiger partial charge in [0.05, 0.1) is 10.1 Å². The number of allylic oxidation sites excluding steroid dienone is 4. The van der Waals surface area contributed by atoms with E-state index < -0.39 is 14.1 Å². The summed E-state index contributed by atoms with van der Waals surface area (Å²) in [5.41, 5.74) is 0. The van der Waals surface area contributed by atoms with Crippen LogP contribution in [0.2, 0.25) is 0 Å². The maximum Gasteiger partial charge on any atom is 0.166 e. The van der Waals surface area contributed by atoms with Gasteiger partial charge in [0.1, 0.15) is 9.75 Å². The van der Waals surface area contributed by atoms with E-state index in [1.165, 1.54) is 0 Å². The van der Waals surface area contributed by atoms with E-state index in [9.17, 15) is 0 Å². The van der Waals surface area contributed by atoms with E-state index in [0.29, 0.717) is 21.9 Å². The molecule has 0 amide bonds. The van der Waals surface area contributed by atoms with Crippen LogP contribution in [-0.2, 0) is 0 Å². The lowest BCUT2D eigenvalue weighted by Crippen LogP contribution is -2.46. The highest BCUT2D eigenvalue weighted by molar-refractivity contribution is 6.65. The minimum atomic E-state index is -1.37. The van der Waals surface area contributed by atoms with Crippen molar-refractivity contribution in [2.75, 3.05) is 0 Å². The van der Waals surface area contributed by atoms with Crippen molar-refractivity contribution in [3.63, 3.8) is 0 Å². The Hall–Kier alpha value is 1.22. The van der Waals surface area contributed by atoms with Crippen molar-refractivity contribution >= 4 is 69.6 Å². The smallest absolute Gasteiger partial charge is 0.109 e. The number of alkyl halides is 4. The van der Waals surface area contributed by atoms with Gasteiger partial charge in [-0.15, -0.1) is 23.2 Å². The van der Waals surface area contributed by atoms with E-state index in [4.69, 9.17) is 69.6 Å². The van der Waals surface area contributed by atoms with E-state index >= 15 is 0 Å². The first-order valence-corrected chi connectivity index (χ1v) is 8.05. The summed E-state index contributed by atoms with van der Waals surface area (Å²) in [4.78, 5) is -2.13. The van der Waals surface area contributed by atoms with E-state index in [1.54, 1.807) is 0 Å². The Bertz CT molecular complexity index is 481. The molecule has 0 radical (unpaired) electrons. The van der Waals surface area contributed by atoms with Crippen LogP contribution in [-0.4, -0.2) is 14.1 Å². The summed E-state index contributed by atoms with van der Waals surface area (Å²) < 4.78 is -1.37. The van der Waals surface area contributed by atoms with Gasteiger partial charge in [-0.05, 0) is 30.1 Å². The number of hydrogen-bond donors (Lipinski definition) is 0. The average molecular weight is 365 g/mol. The summed E-state index contributed by atoms with van der Waals surface area (Å²) in [7, 11) is 0. The predicted molar refractivity (Wildman–Crippen MR) is 78.1 cm³/mol. The molecule has 0 nitrogen and oxygen atoms in total. The SMILES string of the molecule is ClC1=C(Cl)[C@]2(Cl)[C@H]3C4C=CC(C4)[C@H]3[C@@]1(Cl)C2(Cl)Cl. The number of rotatable bonds is 0. The molecule has 0 N–H and O–H groups in total. The molecule has 0 heterocycles. The van der Waals surface area contributed by atoms with Crippen molar-refractivity contribution in [2.24, 2.45) is 23.7 Å². The third-order valence-corrected chi connectivity index (χ3v) is 9.42. The Morgan fingerprint density at radius 1 is 0.833 bits per heavy atom. The third-order valence-electron chi connectivity index (χ3n) is 5.12. The Balaban J connectivity index is 2.03. The molecule has 98 valence electrons. The Kier molecular flexibility index (Phi) is 2.40. The van der Waals surface area contributed by atoms with Crippen LogP contribution in [0.5, 0.6) is 0 Å². The maximum atomic E-state index is 6.76. The fraction of sp³-hybridized carbons (Fsp3) is 0.667. The molecule has 0 aliphatic heterocycles. The van der Waals surface area contributed by atoms with Gasteiger partial charge in [0.2, 0.25) is 0 Å². The highest BCUT2D eigenvalue weighted by Gasteiger charge is 2.85. The van der Waals surface area contributed by atoms with E-state index in [2.05, 4.69) is 12.2 Å². The summed E-state index contributed by atoms with van der Waals surface area (Å²) in [6, 6.07) is 0. The van der Waals surface area contributed by atoms with Gasteiger partial charge in [-0.1, -0.05) is 58.6 Å². The fourth-order valence-corrected chi connectivity index (χ4v) is 7.61. The molecule has 4 bridgehead atoms. The second kappa shape index (κ2) is 3.34. The summed E-state index contributed by atoms with van der Waals surface area (Å²) in [6.07, 6.45) is 5.40. The second-order valence-corrected chi connectivity index (χ2v) is 8.90. The molecule has 6 heteroatoms. The zero-order chi connectivity index (χ0) is 13.1. The Morgan fingerprint density at radius 2 is 1.22 bits per heavy atom. The molecule has 0 aromatic rings. The normalized spacial score (nSPS) is 58.8. The van der Waals surface area contributed by atoms with Gasteiger partial charge >= 0.3 is 0 Å². The minimum Gasteiger partial charge on any atom is -0.109 e. The number of hydrogen-bond acceptors (Lipinski definition) is 0. The quantitative estimate of drug-likeness (QED) is 0.312. The van der Waals surface area contributed by atoms with E-state index in [0.717, 1.165) is 6.42 Å². The first-order valence-electron chi connectivity index (χ1n) is 5.78. The molecule has 6 atom stereocenters. The second-order valence-electron chi connectivity index (χ2n) is 5.63. The van der Waals surface area contributed by atoms with Gasteiger partial charge in [-0.25, -0.2) is 0 Å². The van der Waals surface area contributed by atoms with Crippen LogP contribution in [0.3, 0.4) is 0 Å². The molecule has 4 aliphatic carbocycles. The molecule has 2 unspecified atom stereocenters. The van der Waals surface area contributed by atoms with Gasteiger partial charge < -0.3 is 0 Å². The molecule has 0 saturated heterocycles. The lowest BCUT2D eigenvalue weighted by Gasteiger charge is -2.37. The molecule has 0 aromatic heterocycles.